The van der Waals surface area contributed by atoms with Crippen LogP contribution in [0.1, 0.15) is 29.0 Å². The number of hydrogen-bond acceptors (Lipinski definition) is 4. The molecule has 2 rings (SSSR count). The molecule has 0 aliphatic rings. The zero-order valence-corrected chi connectivity index (χ0v) is 10.3. The molecule has 18 heavy (non-hydrogen) atoms. The average molecular weight is 245 g/mol. The van der Waals surface area contributed by atoms with Crippen LogP contribution < -0.4 is 11.1 Å². The summed E-state index contributed by atoms with van der Waals surface area (Å²) in [5, 5.41) is 6.87. The molecule has 0 aromatic carbocycles. The van der Waals surface area contributed by atoms with Gasteiger partial charge in [-0.1, -0.05) is 0 Å². The number of hydrogen-bond donors (Lipinski definition) is 2. The lowest BCUT2D eigenvalue weighted by molar-refractivity contribution is 0.0935. The molecule has 0 aliphatic heterocycles. The standard InChI is InChI=1S/C12H15N5O/c1-8(9-3-5-14-6-4-9)15-12(18)11-10(13)7-17(2)16-11/h3-8H,13H2,1-2H3,(H,15,18). The van der Waals surface area contributed by atoms with Crippen molar-refractivity contribution in [2.45, 2.75) is 13.0 Å². The summed E-state index contributed by atoms with van der Waals surface area (Å²) >= 11 is 0. The Morgan fingerprint density at radius 1 is 1.44 bits per heavy atom. The first-order valence-corrected chi connectivity index (χ1v) is 5.58. The molecule has 2 aromatic rings. The predicted molar refractivity (Wildman–Crippen MR) is 67.7 cm³/mol. The van der Waals surface area contributed by atoms with Gasteiger partial charge in [-0.15, -0.1) is 0 Å². The van der Waals surface area contributed by atoms with Gasteiger partial charge in [0.05, 0.1) is 11.7 Å². The fourth-order valence-electron chi connectivity index (χ4n) is 1.68. The highest BCUT2D eigenvalue weighted by Gasteiger charge is 2.16. The van der Waals surface area contributed by atoms with Gasteiger partial charge in [0.1, 0.15) is 0 Å². The minimum atomic E-state index is -0.280. The van der Waals surface area contributed by atoms with Gasteiger partial charge in [0.15, 0.2) is 5.69 Å². The monoisotopic (exact) mass is 245 g/mol. The van der Waals surface area contributed by atoms with E-state index in [-0.39, 0.29) is 17.6 Å². The smallest absolute Gasteiger partial charge is 0.274 e. The first kappa shape index (κ1) is 12.1. The fraction of sp³-hybridized carbons (Fsp3) is 0.250. The second-order valence-corrected chi connectivity index (χ2v) is 4.08. The van der Waals surface area contributed by atoms with Crippen LogP contribution in [0.5, 0.6) is 0 Å². The van der Waals surface area contributed by atoms with Crippen LogP contribution in [0, 0.1) is 0 Å². The molecule has 0 saturated carbocycles. The maximum atomic E-state index is 12.0. The van der Waals surface area contributed by atoms with Gasteiger partial charge in [-0.3, -0.25) is 14.5 Å². The van der Waals surface area contributed by atoms with E-state index in [0.29, 0.717) is 5.69 Å². The van der Waals surface area contributed by atoms with E-state index >= 15 is 0 Å². The highest BCUT2D eigenvalue weighted by atomic mass is 16.2. The minimum Gasteiger partial charge on any atom is -0.396 e. The number of aryl methyl sites for hydroxylation is 1. The zero-order valence-electron chi connectivity index (χ0n) is 10.3. The number of nitrogens with one attached hydrogen (secondary N) is 1. The third-order valence-corrected chi connectivity index (χ3v) is 2.63. The van der Waals surface area contributed by atoms with E-state index in [0.717, 1.165) is 5.56 Å². The van der Waals surface area contributed by atoms with Crippen LogP contribution in [-0.4, -0.2) is 20.7 Å². The maximum absolute atomic E-state index is 12.0. The van der Waals surface area contributed by atoms with Gasteiger partial charge in [-0.2, -0.15) is 5.10 Å². The summed E-state index contributed by atoms with van der Waals surface area (Å²) in [6.45, 7) is 1.90. The molecule has 0 bridgehead atoms. The number of rotatable bonds is 3. The molecule has 0 spiro atoms. The van der Waals surface area contributed by atoms with Gasteiger partial charge in [0, 0.05) is 25.6 Å². The van der Waals surface area contributed by atoms with E-state index in [9.17, 15) is 4.79 Å². The molecule has 3 N–H and O–H groups in total. The van der Waals surface area contributed by atoms with Crippen molar-refractivity contribution >= 4 is 11.6 Å². The van der Waals surface area contributed by atoms with Gasteiger partial charge in [-0.25, -0.2) is 0 Å². The Morgan fingerprint density at radius 3 is 2.67 bits per heavy atom. The van der Waals surface area contributed by atoms with Crippen molar-refractivity contribution in [1.82, 2.24) is 20.1 Å². The van der Waals surface area contributed by atoms with Crippen molar-refractivity contribution in [3.63, 3.8) is 0 Å². The Labute approximate surface area is 105 Å². The average Bonchev–Trinajstić information content (AvgIpc) is 2.69. The SMILES string of the molecule is CC(NC(=O)c1nn(C)cc1N)c1ccncc1. The minimum absolute atomic E-state index is 0.123. The highest BCUT2D eigenvalue weighted by Crippen LogP contribution is 2.13. The van der Waals surface area contributed by atoms with Crippen molar-refractivity contribution < 1.29 is 4.79 Å². The van der Waals surface area contributed by atoms with Gasteiger partial charge in [0.2, 0.25) is 0 Å². The van der Waals surface area contributed by atoms with Gasteiger partial charge < -0.3 is 11.1 Å². The van der Waals surface area contributed by atoms with Crippen LogP contribution in [0.15, 0.2) is 30.7 Å². The summed E-state index contributed by atoms with van der Waals surface area (Å²) < 4.78 is 1.52. The number of anilines is 1. The van der Waals surface area contributed by atoms with E-state index < -0.39 is 0 Å². The molecule has 0 fully saturated rings. The van der Waals surface area contributed by atoms with Crippen molar-refractivity contribution in [3.05, 3.63) is 42.0 Å². The molecule has 0 aliphatic carbocycles. The maximum Gasteiger partial charge on any atom is 0.274 e. The normalized spacial score (nSPS) is 12.1. The second kappa shape index (κ2) is 4.87. The zero-order chi connectivity index (χ0) is 13.1. The summed E-state index contributed by atoms with van der Waals surface area (Å²) in [6.07, 6.45) is 4.98. The molecule has 94 valence electrons. The molecule has 0 radical (unpaired) electrons. The third kappa shape index (κ3) is 2.48. The number of carbonyl (C=O) groups is 1. The highest BCUT2D eigenvalue weighted by molar-refractivity contribution is 5.97. The Balaban J connectivity index is 2.10. The van der Waals surface area contributed by atoms with Crippen LogP contribution >= 0.6 is 0 Å². The number of amides is 1. The molecular weight excluding hydrogens is 230 g/mol. The summed E-state index contributed by atoms with van der Waals surface area (Å²) in [5.74, 6) is -0.280. The number of nitrogens with zero attached hydrogens (tertiary/aromatic N) is 3. The summed E-state index contributed by atoms with van der Waals surface area (Å²) in [6, 6.07) is 3.58. The number of pyridine rings is 1. The largest absolute Gasteiger partial charge is 0.396 e. The fourth-order valence-corrected chi connectivity index (χ4v) is 1.68. The van der Waals surface area contributed by atoms with Crippen LogP contribution in [0.3, 0.4) is 0 Å². The number of nitrogens with two attached hydrogens (primary N) is 1. The Hall–Kier alpha value is -2.37. The molecule has 0 saturated heterocycles. The first-order valence-electron chi connectivity index (χ1n) is 5.58. The van der Waals surface area contributed by atoms with E-state index in [1.807, 2.05) is 19.1 Å². The molecule has 6 heteroatoms. The van der Waals surface area contributed by atoms with E-state index in [1.54, 1.807) is 25.6 Å². The van der Waals surface area contributed by atoms with Gasteiger partial charge >= 0.3 is 0 Å². The predicted octanol–water partition coefficient (Wildman–Crippen LogP) is 0.888. The molecule has 1 amide bonds. The number of aromatic nitrogens is 3. The van der Waals surface area contributed by atoms with E-state index in [4.69, 9.17) is 5.73 Å². The van der Waals surface area contributed by atoms with E-state index in [1.165, 1.54) is 4.68 Å². The summed E-state index contributed by atoms with van der Waals surface area (Å²) in [7, 11) is 1.72. The molecule has 2 heterocycles. The van der Waals surface area contributed by atoms with Gasteiger partial charge in [0.25, 0.3) is 5.91 Å². The Morgan fingerprint density at radius 2 is 2.11 bits per heavy atom. The van der Waals surface area contributed by atoms with Crippen molar-refractivity contribution in [2.24, 2.45) is 7.05 Å². The molecule has 2 aromatic heterocycles. The molecule has 1 unspecified atom stereocenters. The number of nitrogen functional groups attached to an aromatic ring is 1. The lowest BCUT2D eigenvalue weighted by atomic mass is 10.1. The third-order valence-electron chi connectivity index (χ3n) is 2.63. The molecular formula is C12H15N5O. The van der Waals surface area contributed by atoms with Crippen molar-refractivity contribution in [1.29, 1.82) is 0 Å². The van der Waals surface area contributed by atoms with Crippen LogP contribution in [0.2, 0.25) is 0 Å². The van der Waals surface area contributed by atoms with Crippen molar-refractivity contribution in [2.75, 3.05) is 5.73 Å². The Kier molecular flexibility index (Phi) is 3.27. The Bertz CT molecular complexity index is 549. The quantitative estimate of drug-likeness (QED) is 0.840. The van der Waals surface area contributed by atoms with E-state index in [2.05, 4.69) is 15.4 Å². The summed E-state index contributed by atoms with van der Waals surface area (Å²) in [4.78, 5) is 15.9. The van der Waals surface area contributed by atoms with Gasteiger partial charge in [-0.05, 0) is 24.6 Å². The second-order valence-electron chi connectivity index (χ2n) is 4.08. The number of carbonyl (C=O) groups excluding carboxylic acids is 1. The lowest BCUT2D eigenvalue weighted by Gasteiger charge is -2.13. The van der Waals surface area contributed by atoms with Crippen molar-refractivity contribution in [3.8, 4) is 0 Å². The van der Waals surface area contributed by atoms with Crippen LogP contribution in [0.25, 0.3) is 0 Å². The topological polar surface area (TPSA) is 85.8 Å². The molecule has 6 nitrogen and oxygen atoms in total. The summed E-state index contributed by atoms with van der Waals surface area (Å²) in [5.41, 5.74) is 7.30. The molecule has 1 atom stereocenters. The van der Waals surface area contributed by atoms with Crippen LogP contribution in [-0.2, 0) is 7.05 Å². The lowest BCUT2D eigenvalue weighted by Crippen LogP contribution is -2.27. The first-order chi connectivity index (χ1) is 8.58. The van der Waals surface area contributed by atoms with Crippen LogP contribution in [0.4, 0.5) is 5.69 Å².